The summed E-state index contributed by atoms with van der Waals surface area (Å²) in [7, 11) is 0. The first-order chi connectivity index (χ1) is 10.9. The number of carbonyl (C=O) groups is 2. The number of Topliss-reactive ketones (excluding diaryl/α,β-unsaturated/α-hetero) is 1. The molecular weight excluding hydrogens is 288 g/mol. The number of rotatable bonds is 9. The first-order valence-electron chi connectivity index (χ1n) is 8.26. The lowest BCUT2D eigenvalue weighted by Gasteiger charge is -2.29. The highest BCUT2D eigenvalue weighted by Crippen LogP contribution is 2.27. The smallest absolute Gasteiger partial charge is 0.303 e. The van der Waals surface area contributed by atoms with Crippen LogP contribution in [-0.2, 0) is 9.53 Å². The van der Waals surface area contributed by atoms with Gasteiger partial charge < -0.3 is 4.74 Å². The Hall–Kier alpha value is -1.90. The molecule has 23 heavy (non-hydrogen) atoms. The normalized spacial score (nSPS) is 14.2. The lowest BCUT2D eigenvalue weighted by atomic mass is 9.90. The van der Waals surface area contributed by atoms with Crippen molar-refractivity contribution < 1.29 is 14.3 Å². The first-order valence-corrected chi connectivity index (χ1v) is 8.26. The number of carbonyl (C=O) groups excluding carboxylic acids is 2. The van der Waals surface area contributed by atoms with Crippen molar-refractivity contribution in [1.29, 1.82) is 0 Å². The Morgan fingerprint density at radius 1 is 1.09 bits per heavy atom. The Morgan fingerprint density at radius 3 is 2.30 bits per heavy atom. The van der Waals surface area contributed by atoms with Gasteiger partial charge >= 0.3 is 5.97 Å². The molecule has 0 heterocycles. The summed E-state index contributed by atoms with van der Waals surface area (Å²) in [6.07, 6.45) is 5.64. The molecule has 1 atom stereocenters. The quantitative estimate of drug-likeness (QED) is 0.361. The SMILES string of the molecule is C/C=C(\C)CCC(C)(CCCC(=O)c1ccccc1)OC(C)=O. The summed E-state index contributed by atoms with van der Waals surface area (Å²) in [5, 5.41) is 0. The molecular formula is C20H28O3. The zero-order valence-electron chi connectivity index (χ0n) is 14.7. The molecule has 0 bridgehead atoms. The molecule has 1 rings (SSSR count). The second-order valence-corrected chi connectivity index (χ2v) is 6.32. The molecule has 0 radical (unpaired) electrons. The second-order valence-electron chi connectivity index (χ2n) is 6.32. The van der Waals surface area contributed by atoms with E-state index < -0.39 is 5.60 Å². The van der Waals surface area contributed by atoms with Crippen LogP contribution in [0.3, 0.4) is 0 Å². The summed E-state index contributed by atoms with van der Waals surface area (Å²) in [5.41, 5.74) is 1.52. The molecule has 0 aliphatic rings. The largest absolute Gasteiger partial charge is 0.460 e. The molecule has 1 aromatic rings. The summed E-state index contributed by atoms with van der Waals surface area (Å²) in [5.74, 6) is -0.125. The van der Waals surface area contributed by atoms with Gasteiger partial charge in [-0.1, -0.05) is 42.0 Å². The van der Waals surface area contributed by atoms with Gasteiger partial charge in [0.15, 0.2) is 5.78 Å². The fourth-order valence-electron chi connectivity index (χ4n) is 2.57. The van der Waals surface area contributed by atoms with E-state index in [2.05, 4.69) is 13.0 Å². The van der Waals surface area contributed by atoms with Crippen molar-refractivity contribution in [2.75, 3.05) is 0 Å². The van der Waals surface area contributed by atoms with E-state index in [0.29, 0.717) is 19.3 Å². The van der Waals surface area contributed by atoms with Gasteiger partial charge in [0.2, 0.25) is 0 Å². The minimum absolute atomic E-state index is 0.139. The van der Waals surface area contributed by atoms with Gasteiger partial charge in [0.05, 0.1) is 0 Å². The fourth-order valence-corrected chi connectivity index (χ4v) is 2.57. The molecule has 3 heteroatoms. The maximum atomic E-state index is 12.1. The van der Waals surface area contributed by atoms with Crippen LogP contribution in [0.5, 0.6) is 0 Å². The van der Waals surface area contributed by atoms with E-state index >= 15 is 0 Å². The maximum Gasteiger partial charge on any atom is 0.303 e. The Kier molecular flexibility index (Phi) is 7.73. The Labute approximate surface area is 139 Å². The molecule has 0 saturated heterocycles. The third-order valence-electron chi connectivity index (χ3n) is 4.14. The lowest BCUT2D eigenvalue weighted by Crippen LogP contribution is -2.31. The van der Waals surface area contributed by atoms with Crippen LogP contribution in [0.4, 0.5) is 0 Å². The second kappa shape index (κ2) is 9.29. The zero-order valence-corrected chi connectivity index (χ0v) is 14.7. The Balaban J connectivity index is 2.56. The average molecular weight is 316 g/mol. The number of benzene rings is 1. The van der Waals surface area contributed by atoms with Crippen LogP contribution in [0, 0.1) is 0 Å². The monoisotopic (exact) mass is 316 g/mol. The number of esters is 1. The van der Waals surface area contributed by atoms with E-state index in [4.69, 9.17) is 4.74 Å². The van der Waals surface area contributed by atoms with Crippen molar-refractivity contribution in [3.05, 3.63) is 47.5 Å². The number of ether oxygens (including phenoxy) is 1. The molecule has 1 aromatic carbocycles. The topological polar surface area (TPSA) is 43.4 Å². The molecule has 0 spiro atoms. The Bertz CT molecular complexity index is 545. The van der Waals surface area contributed by atoms with Crippen molar-refractivity contribution >= 4 is 11.8 Å². The molecule has 0 N–H and O–H groups in total. The van der Waals surface area contributed by atoms with Gasteiger partial charge in [-0.25, -0.2) is 0 Å². The molecule has 0 saturated carbocycles. The van der Waals surface area contributed by atoms with Crippen molar-refractivity contribution in [1.82, 2.24) is 0 Å². The van der Waals surface area contributed by atoms with E-state index in [0.717, 1.165) is 18.4 Å². The molecule has 0 amide bonds. The third-order valence-corrected chi connectivity index (χ3v) is 4.14. The van der Waals surface area contributed by atoms with Gasteiger partial charge in [-0.15, -0.1) is 0 Å². The fraction of sp³-hybridized carbons (Fsp3) is 0.500. The predicted octanol–water partition coefficient (Wildman–Crippen LogP) is 5.11. The summed E-state index contributed by atoms with van der Waals surface area (Å²) in [6, 6.07) is 9.32. The lowest BCUT2D eigenvalue weighted by molar-refractivity contribution is -0.156. The van der Waals surface area contributed by atoms with Crippen LogP contribution in [-0.4, -0.2) is 17.4 Å². The minimum atomic E-state index is -0.507. The molecule has 1 unspecified atom stereocenters. The van der Waals surface area contributed by atoms with Crippen LogP contribution in [0.1, 0.15) is 70.2 Å². The van der Waals surface area contributed by atoms with E-state index in [9.17, 15) is 9.59 Å². The molecule has 0 aromatic heterocycles. The number of ketones is 1. The highest BCUT2D eigenvalue weighted by molar-refractivity contribution is 5.95. The number of hydrogen-bond acceptors (Lipinski definition) is 3. The molecule has 0 fully saturated rings. The van der Waals surface area contributed by atoms with Crippen molar-refractivity contribution in [2.45, 2.75) is 65.4 Å². The van der Waals surface area contributed by atoms with E-state index in [-0.39, 0.29) is 11.8 Å². The van der Waals surface area contributed by atoms with Gasteiger partial charge in [-0.05, 0) is 46.5 Å². The van der Waals surface area contributed by atoms with Gasteiger partial charge in [0, 0.05) is 18.9 Å². The van der Waals surface area contributed by atoms with Crippen LogP contribution >= 0.6 is 0 Å². The third kappa shape index (κ3) is 7.27. The highest BCUT2D eigenvalue weighted by Gasteiger charge is 2.27. The minimum Gasteiger partial charge on any atom is -0.460 e. The summed E-state index contributed by atoms with van der Waals surface area (Å²) in [6.45, 7) is 7.49. The van der Waals surface area contributed by atoms with Crippen LogP contribution in [0.15, 0.2) is 42.0 Å². The molecule has 126 valence electrons. The van der Waals surface area contributed by atoms with Crippen LogP contribution in [0.2, 0.25) is 0 Å². The summed E-state index contributed by atoms with van der Waals surface area (Å²) < 4.78 is 5.54. The molecule has 0 aliphatic carbocycles. The van der Waals surface area contributed by atoms with Gasteiger partial charge in [0.1, 0.15) is 5.60 Å². The zero-order chi connectivity index (χ0) is 17.3. The van der Waals surface area contributed by atoms with Gasteiger partial charge in [-0.2, -0.15) is 0 Å². The predicted molar refractivity (Wildman–Crippen MR) is 93.5 cm³/mol. The molecule has 3 nitrogen and oxygen atoms in total. The summed E-state index contributed by atoms with van der Waals surface area (Å²) >= 11 is 0. The first kappa shape index (κ1) is 19.1. The van der Waals surface area contributed by atoms with Crippen LogP contribution in [0.25, 0.3) is 0 Å². The Morgan fingerprint density at radius 2 is 1.74 bits per heavy atom. The average Bonchev–Trinajstić information content (AvgIpc) is 2.52. The highest BCUT2D eigenvalue weighted by atomic mass is 16.6. The van der Waals surface area contributed by atoms with Gasteiger partial charge in [0.25, 0.3) is 0 Å². The van der Waals surface area contributed by atoms with Crippen molar-refractivity contribution in [3.8, 4) is 0 Å². The number of hydrogen-bond donors (Lipinski definition) is 0. The van der Waals surface area contributed by atoms with E-state index in [1.807, 2.05) is 44.2 Å². The van der Waals surface area contributed by atoms with E-state index in [1.165, 1.54) is 12.5 Å². The van der Waals surface area contributed by atoms with Gasteiger partial charge in [-0.3, -0.25) is 9.59 Å². The maximum absolute atomic E-state index is 12.1. The summed E-state index contributed by atoms with van der Waals surface area (Å²) in [4.78, 5) is 23.5. The number of allylic oxidation sites excluding steroid dienone is 2. The molecule has 0 aliphatic heterocycles. The van der Waals surface area contributed by atoms with Crippen molar-refractivity contribution in [2.24, 2.45) is 0 Å². The standard InChI is InChI=1S/C20H28O3/c1-5-16(2)13-15-20(4,23-17(3)21)14-9-12-19(22)18-10-7-6-8-11-18/h5-8,10-11H,9,12-15H2,1-4H3/b16-5+. The van der Waals surface area contributed by atoms with Crippen molar-refractivity contribution in [3.63, 3.8) is 0 Å². The van der Waals surface area contributed by atoms with E-state index in [1.54, 1.807) is 0 Å². The van der Waals surface area contributed by atoms with Crippen LogP contribution < -0.4 is 0 Å².